The second-order valence-electron chi connectivity index (χ2n) is 5.41. The van der Waals surface area contributed by atoms with E-state index < -0.39 is 27.8 Å². The Morgan fingerprint density at radius 2 is 1.19 bits per heavy atom. The van der Waals surface area contributed by atoms with Gasteiger partial charge in [0.05, 0.1) is 0 Å². The van der Waals surface area contributed by atoms with Crippen molar-refractivity contribution in [2.75, 3.05) is 24.7 Å². The first-order valence-electron chi connectivity index (χ1n) is 7.89. The predicted molar refractivity (Wildman–Crippen MR) is 96.3 cm³/mol. The van der Waals surface area contributed by atoms with Crippen molar-refractivity contribution in [3.8, 4) is 0 Å². The van der Waals surface area contributed by atoms with Gasteiger partial charge in [0.25, 0.3) is 0 Å². The summed E-state index contributed by atoms with van der Waals surface area (Å²) in [5.41, 5.74) is 0. The van der Waals surface area contributed by atoms with E-state index in [1.165, 1.54) is 21.7 Å². The molecule has 0 rings (SSSR count). The van der Waals surface area contributed by atoms with Gasteiger partial charge in [-0.2, -0.15) is 0 Å². The Balaban J connectivity index is 4.73. The van der Waals surface area contributed by atoms with Crippen LogP contribution in [0.2, 0.25) is 8.87 Å². The van der Waals surface area contributed by atoms with Crippen LogP contribution >= 0.6 is 17.9 Å². The summed E-state index contributed by atoms with van der Waals surface area (Å²) in [6.07, 6.45) is 3.44. The van der Waals surface area contributed by atoms with Crippen molar-refractivity contribution in [1.29, 1.82) is 0 Å². The molecule has 0 unspecified atom stereocenters. The molecule has 0 aromatic rings. The van der Waals surface area contributed by atoms with Gasteiger partial charge in [0.2, 0.25) is 0 Å². The molecule has 0 aromatic carbocycles. The number of unbranched alkanes of at least 4 members (excludes halogenated alkanes) is 2. The normalized spacial score (nSPS) is 15.1. The number of rotatable bonds is 14. The number of aliphatic hydroxyl groups excluding tert-OH is 4. The molecular weight excluding hydrogens is 415 g/mol. The van der Waals surface area contributed by atoms with E-state index >= 15 is 0 Å². The van der Waals surface area contributed by atoms with Crippen molar-refractivity contribution in [2.45, 2.75) is 60.6 Å². The minimum atomic E-state index is -2.55. The molecule has 0 radical (unpaired) electrons. The molecule has 0 amide bonds. The monoisotopic (exact) mass is 448 g/mol. The van der Waals surface area contributed by atoms with E-state index in [1.54, 1.807) is 0 Å². The zero-order valence-electron chi connectivity index (χ0n) is 13.3. The Morgan fingerprint density at radius 1 is 0.810 bits per heavy atom. The Morgan fingerprint density at radius 3 is 1.48 bits per heavy atom. The molecule has 0 saturated carbocycles. The molecule has 0 aromatic heterocycles. The number of hydrogen-bond acceptors (Lipinski definition) is 6. The van der Waals surface area contributed by atoms with Crippen LogP contribution < -0.4 is 0 Å². The first-order chi connectivity index (χ1) is 10.0. The standard InChI is InChI=1S/2C4H9.2C3H8O2S.Sn/c2*1-3-4-2;2*4-1-3(5)2-6;/h2*1,3-4H2,2H3;2*3-6H,1-2H2;/q;;;;+2/p-2/t;;2*3-;/m..10./s1. The van der Waals surface area contributed by atoms with Crippen molar-refractivity contribution in [1.82, 2.24) is 0 Å². The van der Waals surface area contributed by atoms with Crippen LogP contribution in [0.3, 0.4) is 0 Å². The molecule has 0 fully saturated rings. The van der Waals surface area contributed by atoms with Crippen molar-refractivity contribution in [2.24, 2.45) is 0 Å². The van der Waals surface area contributed by atoms with Gasteiger partial charge in [-0.25, -0.2) is 0 Å². The molecule has 0 heterocycles. The van der Waals surface area contributed by atoms with E-state index in [1.807, 2.05) is 17.9 Å². The summed E-state index contributed by atoms with van der Waals surface area (Å²) >= 11 is -2.55. The van der Waals surface area contributed by atoms with Crippen molar-refractivity contribution < 1.29 is 20.4 Å². The molecule has 0 aliphatic carbocycles. The van der Waals surface area contributed by atoms with Gasteiger partial charge >= 0.3 is 139 Å². The molecule has 0 aliphatic heterocycles. The summed E-state index contributed by atoms with van der Waals surface area (Å²) in [5, 5.41) is 37.4. The van der Waals surface area contributed by atoms with Crippen LogP contribution in [-0.4, -0.2) is 73.0 Å². The van der Waals surface area contributed by atoms with E-state index in [4.69, 9.17) is 10.2 Å². The first kappa shape index (κ1) is 22.3. The van der Waals surface area contributed by atoms with Crippen LogP contribution in [0.25, 0.3) is 0 Å². The molecule has 7 heteroatoms. The fraction of sp³-hybridized carbons (Fsp3) is 1.00. The van der Waals surface area contributed by atoms with Gasteiger partial charge in [-0.05, 0) is 0 Å². The minimum absolute atomic E-state index is 0.180. The summed E-state index contributed by atoms with van der Waals surface area (Å²) in [5.74, 6) is 1.20. The molecule has 0 bridgehead atoms. The van der Waals surface area contributed by atoms with Crippen molar-refractivity contribution in [3.05, 3.63) is 0 Å². The summed E-state index contributed by atoms with van der Waals surface area (Å²) in [6, 6.07) is 0. The van der Waals surface area contributed by atoms with Gasteiger partial charge in [0.1, 0.15) is 0 Å². The van der Waals surface area contributed by atoms with Crippen molar-refractivity contribution >= 4 is 33.5 Å². The van der Waals surface area contributed by atoms with E-state index in [0.29, 0.717) is 11.5 Å². The van der Waals surface area contributed by atoms with Crippen LogP contribution in [0, 0.1) is 0 Å². The topological polar surface area (TPSA) is 80.9 Å². The molecule has 21 heavy (non-hydrogen) atoms. The second kappa shape index (κ2) is 13.7. The van der Waals surface area contributed by atoms with Gasteiger partial charge in [0, 0.05) is 0 Å². The van der Waals surface area contributed by atoms with Crippen LogP contribution in [0.1, 0.15) is 39.5 Å². The zero-order chi connectivity index (χ0) is 16.1. The number of hydrogen-bond donors (Lipinski definition) is 4. The molecule has 0 spiro atoms. The van der Waals surface area contributed by atoms with Gasteiger partial charge in [-0.1, -0.05) is 0 Å². The van der Waals surface area contributed by atoms with Crippen LogP contribution in [0.4, 0.5) is 0 Å². The molecule has 4 N–H and O–H groups in total. The van der Waals surface area contributed by atoms with Crippen LogP contribution in [0.15, 0.2) is 0 Å². The van der Waals surface area contributed by atoms with Gasteiger partial charge < -0.3 is 0 Å². The fourth-order valence-corrected chi connectivity index (χ4v) is 32.1. The Bertz CT molecular complexity index is 223. The van der Waals surface area contributed by atoms with E-state index in [0.717, 1.165) is 12.8 Å². The van der Waals surface area contributed by atoms with E-state index in [2.05, 4.69) is 13.8 Å². The molecule has 2 atom stereocenters. The summed E-state index contributed by atoms with van der Waals surface area (Å²) < 4.78 is 2.47. The first-order valence-corrected chi connectivity index (χ1v) is 20.9. The van der Waals surface area contributed by atoms with Crippen molar-refractivity contribution in [3.63, 3.8) is 0 Å². The second-order valence-corrected chi connectivity index (χ2v) is 31.9. The van der Waals surface area contributed by atoms with Gasteiger partial charge in [-0.3, -0.25) is 0 Å². The average molecular weight is 447 g/mol. The summed E-state index contributed by atoms with van der Waals surface area (Å²) in [4.78, 5) is 0. The molecule has 128 valence electrons. The third kappa shape index (κ3) is 10.7. The fourth-order valence-electron chi connectivity index (χ4n) is 1.95. The third-order valence-corrected chi connectivity index (χ3v) is 33.9. The van der Waals surface area contributed by atoms with E-state index in [-0.39, 0.29) is 13.2 Å². The van der Waals surface area contributed by atoms with Crippen LogP contribution in [-0.2, 0) is 0 Å². The average Bonchev–Trinajstić information content (AvgIpc) is 2.52. The summed E-state index contributed by atoms with van der Waals surface area (Å²) in [6.45, 7) is 4.02. The number of aliphatic hydroxyl groups is 4. The molecule has 0 aliphatic rings. The molecule has 0 saturated heterocycles. The maximum absolute atomic E-state index is 9.66. The Hall–Kier alpha value is 1.34. The van der Waals surface area contributed by atoms with Gasteiger partial charge in [0.15, 0.2) is 0 Å². The van der Waals surface area contributed by atoms with Crippen LogP contribution in [0.5, 0.6) is 0 Å². The van der Waals surface area contributed by atoms with Gasteiger partial charge in [-0.15, -0.1) is 0 Å². The Labute approximate surface area is 138 Å². The molecule has 4 nitrogen and oxygen atoms in total. The third-order valence-electron chi connectivity index (χ3n) is 3.32. The Kier molecular flexibility index (Phi) is 14.6. The van der Waals surface area contributed by atoms with E-state index in [9.17, 15) is 10.2 Å². The maximum atomic E-state index is 9.66. The molecular formula is C14H32O4S2Sn. The quantitative estimate of drug-likeness (QED) is 0.306. The SMILES string of the molecule is CCC[CH2][Sn]([CH2]CCC)([S]C[C@H](O)CO)[S]C[C@@H](O)CO. The zero-order valence-corrected chi connectivity index (χ0v) is 17.8. The predicted octanol–water partition coefficient (Wildman–Crippen LogP) is 2.20. The summed E-state index contributed by atoms with van der Waals surface area (Å²) in [7, 11) is 3.81.